The summed E-state index contributed by atoms with van der Waals surface area (Å²) in [4.78, 5) is 0. The fourth-order valence-electron chi connectivity index (χ4n) is 3.28. The van der Waals surface area contributed by atoms with Crippen LogP contribution in [0.25, 0.3) is 10.9 Å². The molecule has 2 N–H and O–H groups in total. The normalized spacial score (nSPS) is 16.8. The van der Waals surface area contributed by atoms with Gasteiger partial charge in [0.25, 0.3) is 0 Å². The molecule has 1 aliphatic rings. The van der Waals surface area contributed by atoms with Crippen LogP contribution in [0.4, 0.5) is 0 Å². The molecule has 4 nitrogen and oxygen atoms in total. The van der Waals surface area contributed by atoms with E-state index in [9.17, 15) is 5.11 Å². The topological polar surface area (TPSA) is 61.0 Å². The van der Waals surface area contributed by atoms with E-state index in [1.54, 1.807) is 0 Å². The van der Waals surface area contributed by atoms with Crippen LogP contribution in [0.15, 0.2) is 54.3 Å². The number of nitriles is 1. The van der Waals surface area contributed by atoms with E-state index < -0.39 is 6.10 Å². The molecule has 0 aliphatic heterocycles. The summed E-state index contributed by atoms with van der Waals surface area (Å²) in [5.41, 5.74) is 2.93. The minimum Gasteiger partial charge on any atom is -0.389 e. The van der Waals surface area contributed by atoms with Crippen LogP contribution in [0.5, 0.6) is 0 Å². The highest BCUT2D eigenvalue weighted by atomic mass is 16.3. The number of hydrogen-bond acceptors (Lipinski definition) is 3. The fourth-order valence-corrected chi connectivity index (χ4v) is 3.28. The Morgan fingerprint density at radius 1 is 1.39 bits per heavy atom. The van der Waals surface area contributed by atoms with Gasteiger partial charge in [-0.2, -0.15) is 5.26 Å². The molecule has 4 heteroatoms. The third-order valence-corrected chi connectivity index (χ3v) is 4.35. The van der Waals surface area contributed by atoms with Crippen LogP contribution < -0.4 is 5.32 Å². The maximum Gasteiger partial charge on any atom is 0.0991 e. The molecule has 2 atom stereocenters. The van der Waals surface area contributed by atoms with Crippen LogP contribution in [0.1, 0.15) is 24.4 Å². The molecule has 1 unspecified atom stereocenters. The van der Waals surface area contributed by atoms with Gasteiger partial charge >= 0.3 is 0 Å². The average molecular weight is 307 g/mol. The van der Waals surface area contributed by atoms with Crippen LogP contribution in [-0.2, 0) is 0 Å². The van der Waals surface area contributed by atoms with Crippen LogP contribution >= 0.6 is 0 Å². The van der Waals surface area contributed by atoms with E-state index in [0.717, 1.165) is 23.7 Å². The first-order valence-corrected chi connectivity index (χ1v) is 7.93. The monoisotopic (exact) mass is 307 g/mol. The van der Waals surface area contributed by atoms with Crippen molar-refractivity contribution in [2.45, 2.75) is 25.0 Å². The van der Waals surface area contributed by atoms with Crippen LogP contribution in [0.2, 0.25) is 0 Å². The molecule has 0 spiro atoms. The summed E-state index contributed by atoms with van der Waals surface area (Å²) in [5.74, 6) is 0. The molecule has 0 saturated heterocycles. The summed E-state index contributed by atoms with van der Waals surface area (Å²) in [6, 6.07) is 9.77. The van der Waals surface area contributed by atoms with Gasteiger partial charge in [-0.3, -0.25) is 0 Å². The van der Waals surface area contributed by atoms with Crippen molar-refractivity contribution in [2.24, 2.45) is 0 Å². The highest BCUT2D eigenvalue weighted by molar-refractivity contribution is 5.82. The van der Waals surface area contributed by atoms with Gasteiger partial charge in [0, 0.05) is 23.6 Å². The minimum atomic E-state index is -0.510. The second-order valence-corrected chi connectivity index (χ2v) is 5.89. The third kappa shape index (κ3) is 3.07. The van der Waals surface area contributed by atoms with Crippen molar-refractivity contribution >= 4 is 10.9 Å². The Morgan fingerprint density at radius 3 is 2.96 bits per heavy atom. The van der Waals surface area contributed by atoms with E-state index in [0.29, 0.717) is 12.1 Å². The van der Waals surface area contributed by atoms with E-state index in [1.807, 2.05) is 37.5 Å². The molecule has 118 valence electrons. The molecular weight excluding hydrogens is 286 g/mol. The molecule has 1 aromatic heterocycles. The number of hydrogen-bond donors (Lipinski definition) is 2. The number of nitrogens with one attached hydrogen (secondary N) is 1. The molecule has 0 radical (unpaired) electrons. The van der Waals surface area contributed by atoms with E-state index in [4.69, 9.17) is 5.26 Å². The van der Waals surface area contributed by atoms with Crippen molar-refractivity contribution in [1.82, 2.24) is 9.88 Å². The number of aliphatic hydroxyl groups is 1. The van der Waals surface area contributed by atoms with Crippen molar-refractivity contribution in [2.75, 3.05) is 13.6 Å². The number of nitrogens with zero attached hydrogens (tertiary/aromatic N) is 2. The number of fused-ring (bicyclic) bond motifs is 1. The van der Waals surface area contributed by atoms with Gasteiger partial charge in [-0.1, -0.05) is 18.2 Å². The fraction of sp³-hybridized carbons (Fsp3) is 0.316. The van der Waals surface area contributed by atoms with Gasteiger partial charge in [0.1, 0.15) is 0 Å². The van der Waals surface area contributed by atoms with E-state index in [2.05, 4.69) is 34.2 Å². The number of aliphatic hydroxyl groups excluding tert-OH is 1. The zero-order valence-electron chi connectivity index (χ0n) is 13.2. The van der Waals surface area contributed by atoms with Gasteiger partial charge < -0.3 is 15.0 Å². The molecule has 3 rings (SSSR count). The highest BCUT2D eigenvalue weighted by Gasteiger charge is 2.25. The first kappa shape index (κ1) is 15.5. The van der Waals surface area contributed by atoms with Crippen molar-refractivity contribution < 1.29 is 5.11 Å². The minimum absolute atomic E-state index is 0.0992. The standard InChI is InChI=1S/C19H21N3O/c1-21-13-18(23)19(15-5-3-2-4-6-15)22-10-9-16-11-14(12-20)7-8-17(16)22/h2-3,5,7-11,18-19,21,23H,4,6,13H2,1H3/t18?,19-/m0/s1. The van der Waals surface area contributed by atoms with Crippen LogP contribution in [0.3, 0.4) is 0 Å². The Balaban J connectivity index is 2.07. The Bertz CT molecular complexity index is 795. The lowest BCUT2D eigenvalue weighted by Gasteiger charge is -2.29. The van der Waals surface area contributed by atoms with Gasteiger partial charge in [-0.25, -0.2) is 0 Å². The lowest BCUT2D eigenvalue weighted by molar-refractivity contribution is 0.129. The van der Waals surface area contributed by atoms with Crippen molar-refractivity contribution in [3.63, 3.8) is 0 Å². The summed E-state index contributed by atoms with van der Waals surface area (Å²) >= 11 is 0. The maximum atomic E-state index is 10.7. The number of allylic oxidation sites excluding steroid dienone is 3. The number of rotatable bonds is 5. The van der Waals surface area contributed by atoms with Gasteiger partial charge in [0.15, 0.2) is 0 Å². The molecule has 0 fully saturated rings. The molecule has 1 aliphatic carbocycles. The highest BCUT2D eigenvalue weighted by Crippen LogP contribution is 2.32. The summed E-state index contributed by atoms with van der Waals surface area (Å²) in [7, 11) is 1.85. The van der Waals surface area contributed by atoms with E-state index in [-0.39, 0.29) is 6.04 Å². The van der Waals surface area contributed by atoms with Crippen molar-refractivity contribution in [3.05, 3.63) is 59.8 Å². The summed E-state index contributed by atoms with van der Waals surface area (Å²) < 4.78 is 2.13. The molecule has 1 heterocycles. The number of benzene rings is 1. The second kappa shape index (κ2) is 6.82. The third-order valence-electron chi connectivity index (χ3n) is 4.35. The summed E-state index contributed by atoms with van der Waals surface area (Å²) in [6.07, 6.45) is 9.79. The lowest BCUT2D eigenvalue weighted by atomic mass is 9.93. The number of likely N-dealkylation sites (N-methyl/N-ethyl adjacent to an activating group) is 1. The van der Waals surface area contributed by atoms with Crippen LogP contribution in [-0.4, -0.2) is 29.4 Å². The Labute approximate surface area is 136 Å². The largest absolute Gasteiger partial charge is 0.389 e. The predicted octanol–water partition coefficient (Wildman–Crippen LogP) is 2.91. The molecule has 0 saturated carbocycles. The Morgan fingerprint density at radius 2 is 2.26 bits per heavy atom. The predicted molar refractivity (Wildman–Crippen MR) is 92.1 cm³/mol. The van der Waals surface area contributed by atoms with Gasteiger partial charge in [-0.15, -0.1) is 0 Å². The van der Waals surface area contributed by atoms with Crippen molar-refractivity contribution in [3.8, 4) is 6.07 Å². The molecular formula is C19H21N3O. The second-order valence-electron chi connectivity index (χ2n) is 5.89. The Kier molecular flexibility index (Phi) is 4.61. The quantitative estimate of drug-likeness (QED) is 0.893. The molecule has 0 amide bonds. The van der Waals surface area contributed by atoms with Crippen LogP contribution in [0, 0.1) is 11.3 Å². The lowest BCUT2D eigenvalue weighted by Crippen LogP contribution is -2.34. The SMILES string of the molecule is CNCC(O)[C@H](C1=CC=CCC1)n1ccc2cc(C#N)ccc21. The van der Waals surface area contributed by atoms with Gasteiger partial charge in [0.2, 0.25) is 0 Å². The van der Waals surface area contributed by atoms with E-state index >= 15 is 0 Å². The molecule has 2 aromatic rings. The number of aromatic nitrogens is 1. The summed E-state index contributed by atoms with van der Waals surface area (Å²) in [5, 5.41) is 23.8. The summed E-state index contributed by atoms with van der Waals surface area (Å²) in [6.45, 7) is 0.529. The van der Waals surface area contributed by atoms with Gasteiger partial charge in [0.05, 0.1) is 23.8 Å². The average Bonchev–Trinajstić information content (AvgIpc) is 2.99. The van der Waals surface area contributed by atoms with Gasteiger partial charge in [-0.05, 0) is 49.7 Å². The zero-order valence-corrected chi connectivity index (χ0v) is 13.2. The molecule has 0 bridgehead atoms. The first-order valence-electron chi connectivity index (χ1n) is 7.93. The first-order chi connectivity index (χ1) is 11.2. The zero-order chi connectivity index (χ0) is 16.2. The Hall–Kier alpha value is -2.35. The molecule has 23 heavy (non-hydrogen) atoms. The maximum absolute atomic E-state index is 10.7. The smallest absolute Gasteiger partial charge is 0.0991 e. The van der Waals surface area contributed by atoms with E-state index in [1.165, 1.54) is 5.57 Å². The van der Waals surface area contributed by atoms with Crippen molar-refractivity contribution in [1.29, 1.82) is 5.26 Å². The molecule has 1 aromatic carbocycles.